The van der Waals surface area contributed by atoms with Crippen molar-refractivity contribution in [3.8, 4) is 0 Å². The summed E-state index contributed by atoms with van der Waals surface area (Å²) in [5, 5.41) is 3.22. The smallest absolute Gasteiger partial charge is 0.234 e. The first-order chi connectivity index (χ1) is 11.1. The molecule has 1 heterocycles. The van der Waals surface area contributed by atoms with Crippen molar-refractivity contribution >= 4 is 5.91 Å². The molecule has 5 rings (SSSR count). The third kappa shape index (κ3) is 3.58. The lowest BCUT2D eigenvalue weighted by Crippen LogP contribution is -2.49. The van der Waals surface area contributed by atoms with Crippen molar-refractivity contribution in [1.29, 1.82) is 0 Å². The van der Waals surface area contributed by atoms with Gasteiger partial charge < -0.3 is 10.2 Å². The van der Waals surface area contributed by atoms with Crippen molar-refractivity contribution in [1.82, 2.24) is 15.1 Å². The molecule has 4 saturated carbocycles. The van der Waals surface area contributed by atoms with E-state index in [0.717, 1.165) is 50.5 Å². The lowest BCUT2D eigenvalue weighted by molar-refractivity contribution is -0.123. The molecule has 1 saturated heterocycles. The number of amides is 1. The van der Waals surface area contributed by atoms with E-state index in [1.165, 1.54) is 44.9 Å². The van der Waals surface area contributed by atoms with Crippen LogP contribution in [-0.2, 0) is 4.79 Å². The molecule has 4 aliphatic carbocycles. The van der Waals surface area contributed by atoms with E-state index < -0.39 is 0 Å². The monoisotopic (exact) mass is 319 g/mol. The van der Waals surface area contributed by atoms with Crippen LogP contribution in [0.3, 0.4) is 0 Å². The van der Waals surface area contributed by atoms with E-state index in [1.807, 2.05) is 0 Å². The van der Waals surface area contributed by atoms with Crippen LogP contribution in [0.4, 0.5) is 0 Å². The van der Waals surface area contributed by atoms with Crippen LogP contribution >= 0.6 is 0 Å². The largest absolute Gasteiger partial charge is 0.355 e. The Bertz CT molecular complexity index is 407. The fourth-order valence-corrected chi connectivity index (χ4v) is 6.33. The van der Waals surface area contributed by atoms with Crippen molar-refractivity contribution in [3.63, 3.8) is 0 Å². The molecule has 0 aromatic heterocycles. The van der Waals surface area contributed by atoms with E-state index in [2.05, 4.69) is 22.2 Å². The van der Waals surface area contributed by atoms with Gasteiger partial charge >= 0.3 is 0 Å². The molecule has 0 spiro atoms. The maximum absolute atomic E-state index is 12.2. The Kier molecular flexibility index (Phi) is 4.39. The van der Waals surface area contributed by atoms with E-state index in [-0.39, 0.29) is 5.91 Å². The zero-order chi connectivity index (χ0) is 15.9. The number of nitrogens with one attached hydrogen (secondary N) is 1. The first kappa shape index (κ1) is 15.9. The highest BCUT2D eigenvalue weighted by Crippen LogP contribution is 2.61. The van der Waals surface area contributed by atoms with Gasteiger partial charge in [0.2, 0.25) is 5.91 Å². The number of hydrogen-bond acceptors (Lipinski definition) is 3. The summed E-state index contributed by atoms with van der Waals surface area (Å²) in [6.45, 7) is 5.71. The minimum absolute atomic E-state index is 0.235. The van der Waals surface area contributed by atoms with Crippen LogP contribution < -0.4 is 5.32 Å². The predicted molar refractivity (Wildman–Crippen MR) is 92.2 cm³/mol. The molecule has 23 heavy (non-hydrogen) atoms. The maximum Gasteiger partial charge on any atom is 0.234 e. The van der Waals surface area contributed by atoms with Crippen molar-refractivity contribution < 1.29 is 4.79 Å². The number of carbonyl (C=O) groups excluding carboxylic acids is 1. The van der Waals surface area contributed by atoms with Gasteiger partial charge in [0.15, 0.2) is 0 Å². The van der Waals surface area contributed by atoms with Gasteiger partial charge in [-0.2, -0.15) is 0 Å². The van der Waals surface area contributed by atoms with Crippen molar-refractivity contribution in [2.75, 3.05) is 46.3 Å². The number of likely N-dealkylation sites (N-methyl/N-ethyl adjacent to an activating group) is 1. The van der Waals surface area contributed by atoms with Crippen LogP contribution in [0, 0.1) is 23.2 Å². The molecule has 1 N–H and O–H groups in total. The van der Waals surface area contributed by atoms with E-state index in [4.69, 9.17) is 0 Å². The SMILES string of the molecule is CN1CCN(CC(=O)NCCC23CC4CC(CC(C4)C2)C3)CC1. The normalized spacial score (nSPS) is 40.5. The standard InChI is InChI=1S/C19H33N3O/c1-21-4-6-22(7-5-21)14-18(23)20-3-2-19-11-15-8-16(12-19)10-17(9-15)13-19/h15-17H,2-14H2,1H3,(H,20,23). The molecule has 0 aromatic carbocycles. The Morgan fingerprint density at radius 2 is 1.57 bits per heavy atom. The molecule has 5 fully saturated rings. The third-order valence-corrected chi connectivity index (χ3v) is 7.11. The van der Waals surface area contributed by atoms with Crippen LogP contribution in [0.5, 0.6) is 0 Å². The van der Waals surface area contributed by atoms with E-state index >= 15 is 0 Å². The number of nitrogens with zero attached hydrogens (tertiary/aromatic N) is 2. The van der Waals surface area contributed by atoms with Gasteiger partial charge in [-0.1, -0.05) is 0 Å². The van der Waals surface area contributed by atoms with Gasteiger partial charge in [-0.25, -0.2) is 0 Å². The van der Waals surface area contributed by atoms with Crippen molar-refractivity contribution in [2.45, 2.75) is 44.9 Å². The molecule has 4 bridgehead atoms. The van der Waals surface area contributed by atoms with Gasteiger partial charge in [-0.05, 0) is 75.2 Å². The average molecular weight is 319 g/mol. The van der Waals surface area contributed by atoms with Crippen LogP contribution in [-0.4, -0.2) is 62.0 Å². The fraction of sp³-hybridized carbons (Fsp3) is 0.947. The number of carbonyl (C=O) groups is 1. The first-order valence-electron chi connectivity index (χ1n) is 9.78. The lowest BCUT2D eigenvalue weighted by atomic mass is 9.49. The Morgan fingerprint density at radius 1 is 1.00 bits per heavy atom. The molecule has 130 valence electrons. The highest BCUT2D eigenvalue weighted by Gasteiger charge is 2.50. The molecule has 0 aromatic rings. The topological polar surface area (TPSA) is 35.6 Å². The van der Waals surface area contributed by atoms with Gasteiger partial charge in [-0.3, -0.25) is 9.69 Å². The summed E-state index contributed by atoms with van der Waals surface area (Å²) in [6.07, 6.45) is 10.1. The summed E-state index contributed by atoms with van der Waals surface area (Å²) in [6, 6.07) is 0. The Labute approximate surface area is 141 Å². The zero-order valence-electron chi connectivity index (χ0n) is 14.7. The molecule has 0 radical (unpaired) electrons. The molecule has 4 nitrogen and oxygen atoms in total. The highest BCUT2D eigenvalue weighted by molar-refractivity contribution is 5.78. The van der Waals surface area contributed by atoms with E-state index in [1.54, 1.807) is 0 Å². The van der Waals surface area contributed by atoms with Crippen molar-refractivity contribution in [2.24, 2.45) is 23.2 Å². The second-order valence-corrected chi connectivity index (χ2v) is 9.10. The van der Waals surface area contributed by atoms with Crippen molar-refractivity contribution in [3.05, 3.63) is 0 Å². The first-order valence-corrected chi connectivity index (χ1v) is 9.78. The van der Waals surface area contributed by atoms with Gasteiger partial charge in [0.1, 0.15) is 0 Å². The van der Waals surface area contributed by atoms with Crippen LogP contribution in [0.15, 0.2) is 0 Å². The number of rotatable bonds is 5. The van der Waals surface area contributed by atoms with Gasteiger partial charge in [0.05, 0.1) is 6.54 Å². The maximum atomic E-state index is 12.2. The average Bonchev–Trinajstić information content (AvgIpc) is 2.48. The molecule has 1 aliphatic heterocycles. The Hall–Kier alpha value is -0.610. The second kappa shape index (κ2) is 6.36. The zero-order valence-corrected chi connectivity index (χ0v) is 14.7. The summed E-state index contributed by atoms with van der Waals surface area (Å²) >= 11 is 0. The highest BCUT2D eigenvalue weighted by atomic mass is 16.2. The molecule has 0 unspecified atom stereocenters. The summed E-state index contributed by atoms with van der Waals surface area (Å²) in [4.78, 5) is 16.8. The molecule has 5 aliphatic rings. The van der Waals surface area contributed by atoms with Crippen LogP contribution in [0.25, 0.3) is 0 Å². The molecular formula is C19H33N3O. The fourth-order valence-electron chi connectivity index (χ4n) is 6.33. The molecule has 1 amide bonds. The molecule has 4 heteroatoms. The Balaban J connectivity index is 1.20. The number of hydrogen-bond donors (Lipinski definition) is 1. The lowest BCUT2D eigenvalue weighted by Gasteiger charge is -2.57. The summed E-state index contributed by atoms with van der Waals surface area (Å²) in [5.74, 6) is 3.28. The summed E-state index contributed by atoms with van der Waals surface area (Å²) < 4.78 is 0. The van der Waals surface area contributed by atoms with Crippen LogP contribution in [0.1, 0.15) is 44.9 Å². The predicted octanol–water partition coefficient (Wildman–Crippen LogP) is 1.96. The minimum atomic E-state index is 0.235. The van der Waals surface area contributed by atoms with Gasteiger partial charge in [0.25, 0.3) is 0 Å². The van der Waals surface area contributed by atoms with E-state index in [0.29, 0.717) is 12.0 Å². The molecule has 0 atom stereocenters. The summed E-state index contributed by atoms with van der Waals surface area (Å²) in [7, 11) is 2.16. The Morgan fingerprint density at radius 3 is 2.13 bits per heavy atom. The quantitative estimate of drug-likeness (QED) is 0.841. The summed E-state index contributed by atoms with van der Waals surface area (Å²) in [5.41, 5.74) is 0.593. The van der Waals surface area contributed by atoms with Crippen LogP contribution in [0.2, 0.25) is 0 Å². The minimum Gasteiger partial charge on any atom is -0.355 e. The second-order valence-electron chi connectivity index (χ2n) is 9.10. The third-order valence-electron chi connectivity index (χ3n) is 7.11. The number of piperazine rings is 1. The molecular weight excluding hydrogens is 286 g/mol. The van der Waals surface area contributed by atoms with Gasteiger partial charge in [0, 0.05) is 32.7 Å². The van der Waals surface area contributed by atoms with Gasteiger partial charge in [-0.15, -0.1) is 0 Å². The van der Waals surface area contributed by atoms with E-state index in [9.17, 15) is 4.79 Å².